The van der Waals surface area contributed by atoms with Gasteiger partial charge < -0.3 is 18.9 Å². The van der Waals surface area contributed by atoms with Crippen molar-refractivity contribution in [2.24, 2.45) is 5.92 Å². The predicted molar refractivity (Wildman–Crippen MR) is 75.6 cm³/mol. The predicted octanol–water partition coefficient (Wildman–Crippen LogP) is 2.18. The minimum Gasteiger partial charge on any atom is -0.463 e. The molecule has 1 aliphatic rings. The average molecular weight is 288 g/mol. The number of epoxide rings is 1. The number of hydrogen-bond acceptors (Lipinski definition) is 5. The van der Waals surface area contributed by atoms with Gasteiger partial charge in [0.25, 0.3) is 0 Å². The highest BCUT2D eigenvalue weighted by Crippen LogP contribution is 2.40. The zero-order valence-corrected chi connectivity index (χ0v) is 13.1. The van der Waals surface area contributed by atoms with Gasteiger partial charge in [-0.2, -0.15) is 0 Å². The van der Waals surface area contributed by atoms with E-state index in [-0.39, 0.29) is 11.6 Å². The van der Waals surface area contributed by atoms with Gasteiger partial charge >= 0.3 is 5.97 Å². The molecule has 0 aliphatic carbocycles. The Labute approximate surface area is 121 Å². The first-order valence-electron chi connectivity index (χ1n) is 7.40. The molecule has 3 atom stereocenters. The van der Waals surface area contributed by atoms with Crippen molar-refractivity contribution in [3.63, 3.8) is 0 Å². The SMILES string of the molecule is CC(=O)OCCOCCOCC(C)CC[C@]1(C)OC1C. The third-order valence-electron chi connectivity index (χ3n) is 3.69. The van der Waals surface area contributed by atoms with Gasteiger partial charge in [0.05, 0.1) is 31.5 Å². The zero-order valence-electron chi connectivity index (χ0n) is 13.1. The van der Waals surface area contributed by atoms with Crippen molar-refractivity contribution in [2.75, 3.05) is 33.0 Å². The van der Waals surface area contributed by atoms with Crippen LogP contribution in [0, 0.1) is 5.92 Å². The third kappa shape index (κ3) is 7.22. The Morgan fingerprint density at radius 1 is 1.25 bits per heavy atom. The summed E-state index contributed by atoms with van der Waals surface area (Å²) < 4.78 is 21.1. The lowest BCUT2D eigenvalue weighted by atomic mass is 9.96. The lowest BCUT2D eigenvalue weighted by molar-refractivity contribution is -0.142. The fourth-order valence-electron chi connectivity index (χ4n) is 2.00. The van der Waals surface area contributed by atoms with E-state index in [0.717, 1.165) is 19.4 Å². The lowest BCUT2D eigenvalue weighted by Crippen LogP contribution is -2.15. The minimum absolute atomic E-state index is 0.105. The molecule has 0 bridgehead atoms. The second kappa shape index (κ2) is 8.60. The molecule has 0 aromatic rings. The van der Waals surface area contributed by atoms with Crippen molar-refractivity contribution in [2.45, 2.75) is 52.2 Å². The molecule has 20 heavy (non-hydrogen) atoms. The number of carbonyl (C=O) groups is 1. The molecule has 2 unspecified atom stereocenters. The van der Waals surface area contributed by atoms with Gasteiger partial charge in [0.1, 0.15) is 6.61 Å². The summed E-state index contributed by atoms with van der Waals surface area (Å²) in [6.07, 6.45) is 2.62. The van der Waals surface area contributed by atoms with Crippen LogP contribution in [-0.2, 0) is 23.7 Å². The quantitative estimate of drug-likeness (QED) is 0.331. The minimum atomic E-state index is -0.277. The number of esters is 1. The Bertz CT molecular complexity index is 294. The molecule has 0 saturated carbocycles. The van der Waals surface area contributed by atoms with Crippen LogP contribution < -0.4 is 0 Å². The number of carbonyl (C=O) groups excluding carboxylic acids is 1. The van der Waals surface area contributed by atoms with Crippen LogP contribution in [0.15, 0.2) is 0 Å². The Morgan fingerprint density at radius 3 is 2.45 bits per heavy atom. The van der Waals surface area contributed by atoms with Crippen LogP contribution in [0.25, 0.3) is 0 Å². The van der Waals surface area contributed by atoms with Crippen LogP contribution >= 0.6 is 0 Å². The molecule has 118 valence electrons. The molecule has 1 aliphatic heterocycles. The topological polar surface area (TPSA) is 57.3 Å². The largest absolute Gasteiger partial charge is 0.463 e. The molecule has 1 fully saturated rings. The molecule has 0 N–H and O–H groups in total. The number of rotatable bonds is 11. The van der Waals surface area contributed by atoms with Gasteiger partial charge in [0.2, 0.25) is 0 Å². The molecule has 5 heteroatoms. The highest BCUT2D eigenvalue weighted by atomic mass is 16.6. The highest BCUT2D eigenvalue weighted by molar-refractivity contribution is 5.65. The maximum atomic E-state index is 10.5. The normalized spacial score (nSPS) is 26.3. The zero-order chi connectivity index (χ0) is 15.0. The molecule has 1 heterocycles. The van der Waals surface area contributed by atoms with E-state index in [1.165, 1.54) is 6.92 Å². The van der Waals surface area contributed by atoms with Gasteiger partial charge in [0, 0.05) is 13.5 Å². The summed E-state index contributed by atoms with van der Waals surface area (Å²) in [6.45, 7) is 10.5. The van der Waals surface area contributed by atoms with Crippen LogP contribution in [0.4, 0.5) is 0 Å². The van der Waals surface area contributed by atoms with Crippen molar-refractivity contribution < 1.29 is 23.7 Å². The molecular weight excluding hydrogens is 260 g/mol. The van der Waals surface area contributed by atoms with E-state index < -0.39 is 0 Å². The van der Waals surface area contributed by atoms with Crippen molar-refractivity contribution in [1.29, 1.82) is 0 Å². The maximum Gasteiger partial charge on any atom is 0.302 e. The fourth-order valence-corrected chi connectivity index (χ4v) is 2.00. The van der Waals surface area contributed by atoms with E-state index in [0.29, 0.717) is 38.4 Å². The summed E-state index contributed by atoms with van der Waals surface area (Å²) >= 11 is 0. The first-order valence-corrected chi connectivity index (χ1v) is 7.40. The van der Waals surface area contributed by atoms with E-state index in [1.807, 2.05) is 0 Å². The van der Waals surface area contributed by atoms with Gasteiger partial charge in [-0.05, 0) is 32.6 Å². The van der Waals surface area contributed by atoms with Crippen LogP contribution in [0.2, 0.25) is 0 Å². The van der Waals surface area contributed by atoms with E-state index in [1.54, 1.807) is 0 Å². The van der Waals surface area contributed by atoms with Gasteiger partial charge in [0.15, 0.2) is 0 Å². The first kappa shape index (κ1) is 17.4. The van der Waals surface area contributed by atoms with Gasteiger partial charge in [-0.25, -0.2) is 0 Å². The van der Waals surface area contributed by atoms with Gasteiger partial charge in [-0.1, -0.05) is 6.92 Å². The molecule has 0 radical (unpaired) electrons. The molecule has 0 amide bonds. The molecule has 0 aromatic heterocycles. The van der Waals surface area contributed by atoms with Crippen LogP contribution in [-0.4, -0.2) is 50.7 Å². The van der Waals surface area contributed by atoms with E-state index in [9.17, 15) is 4.79 Å². The van der Waals surface area contributed by atoms with Crippen molar-refractivity contribution in [1.82, 2.24) is 0 Å². The van der Waals surface area contributed by atoms with Crippen LogP contribution in [0.5, 0.6) is 0 Å². The summed E-state index contributed by atoms with van der Waals surface area (Å²) in [5, 5.41) is 0. The van der Waals surface area contributed by atoms with Crippen molar-refractivity contribution >= 4 is 5.97 Å². The summed E-state index contributed by atoms with van der Waals surface area (Å²) in [5.74, 6) is 0.255. The number of hydrogen-bond donors (Lipinski definition) is 0. The first-order chi connectivity index (χ1) is 9.44. The molecular formula is C15H28O5. The summed E-state index contributed by atoms with van der Waals surface area (Å²) in [5.41, 5.74) is 0.105. The van der Waals surface area contributed by atoms with Crippen LogP contribution in [0.3, 0.4) is 0 Å². The maximum absolute atomic E-state index is 10.5. The van der Waals surface area contributed by atoms with E-state index in [2.05, 4.69) is 20.8 Å². The summed E-state index contributed by atoms with van der Waals surface area (Å²) in [7, 11) is 0. The lowest BCUT2D eigenvalue weighted by Gasteiger charge is -2.13. The summed E-state index contributed by atoms with van der Waals surface area (Å²) in [6, 6.07) is 0. The Morgan fingerprint density at radius 2 is 1.85 bits per heavy atom. The van der Waals surface area contributed by atoms with Crippen molar-refractivity contribution in [3.8, 4) is 0 Å². The van der Waals surface area contributed by atoms with E-state index in [4.69, 9.17) is 18.9 Å². The molecule has 0 aromatic carbocycles. The van der Waals surface area contributed by atoms with Crippen molar-refractivity contribution in [3.05, 3.63) is 0 Å². The molecule has 1 saturated heterocycles. The monoisotopic (exact) mass is 288 g/mol. The standard InChI is InChI=1S/C15H28O5/c1-12(5-6-15(4)13(2)20-15)11-18-8-7-17-9-10-19-14(3)16/h12-13H,5-11H2,1-4H3/t12?,13?,15-/m0/s1. The van der Waals surface area contributed by atoms with Gasteiger partial charge in [-0.3, -0.25) is 4.79 Å². The smallest absolute Gasteiger partial charge is 0.302 e. The molecule has 0 spiro atoms. The Balaban J connectivity index is 1.84. The van der Waals surface area contributed by atoms with Gasteiger partial charge in [-0.15, -0.1) is 0 Å². The fraction of sp³-hybridized carbons (Fsp3) is 0.933. The molecule has 1 rings (SSSR count). The third-order valence-corrected chi connectivity index (χ3v) is 3.69. The Hall–Kier alpha value is -0.650. The van der Waals surface area contributed by atoms with Crippen LogP contribution in [0.1, 0.15) is 40.5 Å². The number of ether oxygens (including phenoxy) is 4. The highest BCUT2D eigenvalue weighted by Gasteiger charge is 2.47. The second-order valence-corrected chi connectivity index (χ2v) is 5.74. The molecule has 5 nitrogen and oxygen atoms in total. The second-order valence-electron chi connectivity index (χ2n) is 5.74. The average Bonchev–Trinajstić information content (AvgIpc) is 2.98. The Kier molecular flexibility index (Phi) is 7.48. The summed E-state index contributed by atoms with van der Waals surface area (Å²) in [4.78, 5) is 10.5. The van der Waals surface area contributed by atoms with E-state index >= 15 is 0 Å².